The largest absolute Gasteiger partial charge is 0.478 e. The third-order valence-electron chi connectivity index (χ3n) is 3.83. The van der Waals surface area contributed by atoms with Crippen molar-refractivity contribution in [1.82, 2.24) is 9.21 Å². The number of benzene rings is 1. The van der Waals surface area contributed by atoms with E-state index in [1.54, 1.807) is 17.0 Å². The van der Waals surface area contributed by atoms with Crippen LogP contribution in [-0.4, -0.2) is 67.0 Å². The van der Waals surface area contributed by atoms with E-state index in [-0.39, 0.29) is 17.9 Å². The van der Waals surface area contributed by atoms with Gasteiger partial charge < -0.3 is 10.0 Å². The van der Waals surface area contributed by atoms with Gasteiger partial charge in [-0.3, -0.25) is 4.79 Å². The van der Waals surface area contributed by atoms with Crippen LogP contribution in [0.3, 0.4) is 0 Å². The number of aromatic carboxylic acids is 1. The molecule has 8 heteroatoms. The highest BCUT2D eigenvalue weighted by Crippen LogP contribution is 2.11. The van der Waals surface area contributed by atoms with Gasteiger partial charge in [0.1, 0.15) is 0 Å². The average Bonchev–Trinajstić information content (AvgIpc) is 2.73. The van der Waals surface area contributed by atoms with Crippen LogP contribution in [0.4, 0.5) is 0 Å². The molecule has 7 nitrogen and oxygen atoms in total. The van der Waals surface area contributed by atoms with Gasteiger partial charge in [0.25, 0.3) is 0 Å². The second-order valence-electron chi connectivity index (χ2n) is 5.58. The summed E-state index contributed by atoms with van der Waals surface area (Å²) in [7, 11) is -3.23. The summed E-state index contributed by atoms with van der Waals surface area (Å²) in [5.41, 5.74) is 0.920. The summed E-state index contributed by atoms with van der Waals surface area (Å²) < 4.78 is 24.5. The number of sulfonamides is 1. The number of hydrogen-bond donors (Lipinski definition) is 1. The molecule has 1 aliphatic heterocycles. The SMILES string of the molecule is CS(=O)(=O)N1CCCN(C(=O)Cc2ccc(C(=O)O)cc2)CC1. The second-order valence-corrected chi connectivity index (χ2v) is 7.56. The highest BCUT2D eigenvalue weighted by atomic mass is 32.2. The standard InChI is InChI=1S/C15H20N2O5S/c1-23(21,22)17-8-2-7-16(9-10-17)14(18)11-12-3-5-13(6-4-12)15(19)20/h3-6H,2,7-11H2,1H3,(H,19,20). The Morgan fingerprint density at radius 1 is 1.09 bits per heavy atom. The van der Waals surface area contributed by atoms with Crippen LogP contribution in [0.2, 0.25) is 0 Å². The van der Waals surface area contributed by atoms with Gasteiger partial charge in [-0.15, -0.1) is 0 Å². The lowest BCUT2D eigenvalue weighted by Gasteiger charge is -2.21. The van der Waals surface area contributed by atoms with Crippen molar-refractivity contribution in [2.45, 2.75) is 12.8 Å². The maximum absolute atomic E-state index is 12.3. The normalized spacial score (nSPS) is 16.8. The van der Waals surface area contributed by atoms with E-state index in [0.29, 0.717) is 32.6 Å². The number of amides is 1. The minimum atomic E-state index is -3.23. The lowest BCUT2D eigenvalue weighted by atomic mass is 10.1. The minimum Gasteiger partial charge on any atom is -0.478 e. The Labute approximate surface area is 135 Å². The lowest BCUT2D eigenvalue weighted by molar-refractivity contribution is -0.130. The molecular weight excluding hydrogens is 320 g/mol. The number of carboxylic acid groups (broad SMARTS) is 1. The first kappa shape index (κ1) is 17.4. The predicted molar refractivity (Wildman–Crippen MR) is 84.7 cm³/mol. The van der Waals surface area contributed by atoms with Crippen LogP contribution in [0, 0.1) is 0 Å². The summed E-state index contributed by atoms with van der Waals surface area (Å²) in [6, 6.07) is 6.20. The van der Waals surface area contributed by atoms with Crippen molar-refractivity contribution >= 4 is 21.9 Å². The molecule has 23 heavy (non-hydrogen) atoms. The van der Waals surface area contributed by atoms with Crippen molar-refractivity contribution in [1.29, 1.82) is 0 Å². The summed E-state index contributed by atoms with van der Waals surface area (Å²) in [6.45, 7) is 1.63. The minimum absolute atomic E-state index is 0.0802. The van der Waals surface area contributed by atoms with Gasteiger partial charge in [-0.1, -0.05) is 12.1 Å². The van der Waals surface area contributed by atoms with Gasteiger partial charge in [0, 0.05) is 26.2 Å². The number of carbonyl (C=O) groups is 2. The Balaban J connectivity index is 1.96. The van der Waals surface area contributed by atoms with Gasteiger partial charge in [0.15, 0.2) is 0 Å². The van der Waals surface area contributed by atoms with Crippen LogP contribution in [-0.2, 0) is 21.2 Å². The molecule has 0 spiro atoms. The molecule has 1 N–H and O–H groups in total. The van der Waals surface area contributed by atoms with Crippen LogP contribution in [0.15, 0.2) is 24.3 Å². The van der Waals surface area contributed by atoms with Crippen LogP contribution >= 0.6 is 0 Å². The monoisotopic (exact) mass is 340 g/mol. The first-order chi connectivity index (χ1) is 10.8. The third kappa shape index (κ3) is 4.77. The van der Waals surface area contributed by atoms with Gasteiger partial charge in [0.05, 0.1) is 18.2 Å². The van der Waals surface area contributed by atoms with Crippen molar-refractivity contribution in [2.75, 3.05) is 32.4 Å². The first-order valence-corrected chi connectivity index (χ1v) is 9.17. The Morgan fingerprint density at radius 2 is 1.74 bits per heavy atom. The lowest BCUT2D eigenvalue weighted by Crippen LogP contribution is -2.37. The molecule has 1 aliphatic rings. The molecule has 2 rings (SSSR count). The molecule has 1 fully saturated rings. The van der Waals surface area contributed by atoms with Crippen molar-refractivity contribution in [2.24, 2.45) is 0 Å². The quantitative estimate of drug-likeness (QED) is 0.857. The third-order valence-corrected chi connectivity index (χ3v) is 5.14. The fraction of sp³-hybridized carbons (Fsp3) is 0.467. The van der Waals surface area contributed by atoms with E-state index < -0.39 is 16.0 Å². The van der Waals surface area contributed by atoms with E-state index in [0.717, 1.165) is 5.56 Å². The van der Waals surface area contributed by atoms with E-state index in [9.17, 15) is 18.0 Å². The molecule has 0 radical (unpaired) electrons. The van der Waals surface area contributed by atoms with E-state index in [2.05, 4.69) is 0 Å². The zero-order valence-corrected chi connectivity index (χ0v) is 13.8. The van der Waals surface area contributed by atoms with Crippen molar-refractivity contribution in [3.63, 3.8) is 0 Å². The molecule has 0 bridgehead atoms. The zero-order chi connectivity index (χ0) is 17.0. The van der Waals surface area contributed by atoms with Crippen LogP contribution in [0.25, 0.3) is 0 Å². The van der Waals surface area contributed by atoms with E-state index in [4.69, 9.17) is 5.11 Å². The molecule has 0 saturated carbocycles. The maximum atomic E-state index is 12.3. The summed E-state index contributed by atoms with van der Waals surface area (Å²) in [4.78, 5) is 24.8. The number of rotatable bonds is 4. The highest BCUT2D eigenvalue weighted by Gasteiger charge is 2.23. The fourth-order valence-electron chi connectivity index (χ4n) is 2.53. The van der Waals surface area contributed by atoms with Crippen molar-refractivity contribution < 1.29 is 23.1 Å². The van der Waals surface area contributed by atoms with Gasteiger partial charge in [-0.25, -0.2) is 17.5 Å². The Bertz CT molecular complexity index is 684. The summed E-state index contributed by atoms with van der Waals surface area (Å²) in [5.74, 6) is -1.08. The Kier molecular flexibility index (Phi) is 5.38. The summed E-state index contributed by atoms with van der Waals surface area (Å²) >= 11 is 0. The first-order valence-electron chi connectivity index (χ1n) is 7.32. The molecule has 1 heterocycles. The summed E-state index contributed by atoms with van der Waals surface area (Å²) in [5, 5.41) is 8.85. The molecule has 0 unspecified atom stereocenters. The fourth-order valence-corrected chi connectivity index (χ4v) is 3.40. The molecule has 1 aromatic carbocycles. The van der Waals surface area contributed by atoms with E-state index in [1.807, 2.05) is 0 Å². The topological polar surface area (TPSA) is 95.0 Å². The van der Waals surface area contributed by atoms with Gasteiger partial charge in [-0.2, -0.15) is 0 Å². The number of hydrogen-bond acceptors (Lipinski definition) is 4. The molecule has 1 amide bonds. The molecule has 1 aromatic rings. The van der Waals surface area contributed by atoms with Crippen LogP contribution in [0.1, 0.15) is 22.3 Å². The predicted octanol–water partition coefficient (Wildman–Crippen LogP) is 0.421. The number of carbonyl (C=O) groups excluding carboxylic acids is 1. The smallest absolute Gasteiger partial charge is 0.335 e. The van der Waals surface area contributed by atoms with Gasteiger partial charge in [0.2, 0.25) is 15.9 Å². The Hall–Kier alpha value is -1.93. The van der Waals surface area contributed by atoms with E-state index >= 15 is 0 Å². The zero-order valence-electron chi connectivity index (χ0n) is 12.9. The molecule has 0 atom stereocenters. The van der Waals surface area contributed by atoms with Gasteiger partial charge >= 0.3 is 5.97 Å². The van der Waals surface area contributed by atoms with Gasteiger partial charge in [-0.05, 0) is 24.1 Å². The molecule has 126 valence electrons. The molecular formula is C15H20N2O5S. The Morgan fingerprint density at radius 3 is 2.30 bits per heavy atom. The average molecular weight is 340 g/mol. The van der Waals surface area contributed by atoms with Crippen molar-refractivity contribution in [3.8, 4) is 0 Å². The molecule has 1 saturated heterocycles. The number of nitrogens with zero attached hydrogens (tertiary/aromatic N) is 2. The van der Waals surface area contributed by atoms with Crippen LogP contribution < -0.4 is 0 Å². The summed E-state index contributed by atoms with van der Waals surface area (Å²) in [6.07, 6.45) is 1.96. The maximum Gasteiger partial charge on any atom is 0.335 e. The number of carboxylic acids is 1. The second kappa shape index (κ2) is 7.10. The van der Waals surface area contributed by atoms with Crippen LogP contribution in [0.5, 0.6) is 0 Å². The highest BCUT2D eigenvalue weighted by molar-refractivity contribution is 7.88. The van der Waals surface area contributed by atoms with Crippen molar-refractivity contribution in [3.05, 3.63) is 35.4 Å². The van der Waals surface area contributed by atoms with E-state index in [1.165, 1.54) is 22.7 Å². The molecule has 0 aromatic heterocycles. The molecule has 0 aliphatic carbocycles.